The third-order valence-corrected chi connectivity index (χ3v) is 3.74. The Balaban J connectivity index is 1.98. The molecule has 0 aliphatic carbocycles. The lowest BCUT2D eigenvalue weighted by atomic mass is 10.1. The molecule has 9 heteroatoms. The van der Waals surface area contributed by atoms with Crippen LogP contribution in [0.4, 0.5) is 13.2 Å². The second-order valence-corrected chi connectivity index (χ2v) is 5.70. The van der Waals surface area contributed by atoms with Crippen molar-refractivity contribution in [1.82, 2.24) is 5.32 Å². The first-order chi connectivity index (χ1) is 13.8. The van der Waals surface area contributed by atoms with Crippen LogP contribution < -0.4 is 24.3 Å². The van der Waals surface area contributed by atoms with Gasteiger partial charge in [-0.15, -0.1) is 13.2 Å². The van der Waals surface area contributed by atoms with Crippen molar-refractivity contribution in [3.05, 3.63) is 53.6 Å². The Labute approximate surface area is 165 Å². The second kappa shape index (κ2) is 9.72. The summed E-state index contributed by atoms with van der Waals surface area (Å²) in [6, 6.07) is 8.60. The topological polar surface area (TPSA) is 66.0 Å². The maximum atomic E-state index is 12.1. The molecule has 6 nitrogen and oxygen atoms in total. The van der Waals surface area contributed by atoms with Crippen LogP contribution in [0, 0.1) is 0 Å². The van der Waals surface area contributed by atoms with Gasteiger partial charge in [0.15, 0.2) is 11.5 Å². The Morgan fingerprint density at radius 3 is 2.07 bits per heavy atom. The zero-order chi connectivity index (χ0) is 21.4. The molecule has 0 radical (unpaired) electrons. The van der Waals surface area contributed by atoms with Crippen molar-refractivity contribution in [2.45, 2.75) is 12.9 Å². The minimum absolute atomic E-state index is 0.144. The fraction of sp³-hybridized carbons (Fsp3) is 0.250. The van der Waals surface area contributed by atoms with Gasteiger partial charge >= 0.3 is 6.36 Å². The van der Waals surface area contributed by atoms with Crippen LogP contribution in [0.5, 0.6) is 23.0 Å². The van der Waals surface area contributed by atoms with Gasteiger partial charge in [0.25, 0.3) is 0 Å². The third kappa shape index (κ3) is 6.63. The van der Waals surface area contributed by atoms with Gasteiger partial charge in [0.05, 0.1) is 21.3 Å². The first-order valence-corrected chi connectivity index (χ1v) is 8.36. The standard InChI is InChI=1S/C20H20F3NO5/c1-26-16-10-14(11-17(27-2)19(16)28-3)6-9-18(25)24-12-13-4-7-15(8-5-13)29-20(21,22)23/h4-11H,12H2,1-3H3,(H,24,25)/b9-6+. The first-order valence-electron chi connectivity index (χ1n) is 8.36. The molecule has 0 aliphatic rings. The molecule has 1 N–H and O–H groups in total. The van der Waals surface area contributed by atoms with Crippen LogP contribution in [0.2, 0.25) is 0 Å². The number of carbonyl (C=O) groups is 1. The van der Waals surface area contributed by atoms with Crippen molar-refractivity contribution >= 4 is 12.0 Å². The van der Waals surface area contributed by atoms with E-state index in [9.17, 15) is 18.0 Å². The highest BCUT2D eigenvalue weighted by molar-refractivity contribution is 5.91. The van der Waals surface area contributed by atoms with Crippen molar-refractivity contribution in [1.29, 1.82) is 0 Å². The van der Waals surface area contributed by atoms with Crippen molar-refractivity contribution in [2.24, 2.45) is 0 Å². The van der Waals surface area contributed by atoms with Gasteiger partial charge < -0.3 is 24.3 Å². The number of ether oxygens (including phenoxy) is 4. The molecule has 0 unspecified atom stereocenters. The Kier molecular flexibility index (Phi) is 7.35. The van der Waals surface area contributed by atoms with Crippen LogP contribution in [-0.2, 0) is 11.3 Å². The molecule has 0 saturated heterocycles. The molecule has 0 heterocycles. The van der Waals surface area contributed by atoms with E-state index >= 15 is 0 Å². The van der Waals surface area contributed by atoms with Crippen molar-refractivity contribution in [2.75, 3.05) is 21.3 Å². The minimum Gasteiger partial charge on any atom is -0.493 e. The van der Waals surface area contributed by atoms with E-state index < -0.39 is 6.36 Å². The lowest BCUT2D eigenvalue weighted by Gasteiger charge is -2.12. The number of methoxy groups -OCH3 is 3. The van der Waals surface area contributed by atoms with Crippen molar-refractivity contribution < 1.29 is 36.9 Å². The summed E-state index contributed by atoms with van der Waals surface area (Å²) in [5, 5.41) is 2.64. The number of rotatable bonds is 8. The molecule has 2 aromatic carbocycles. The fourth-order valence-electron chi connectivity index (χ4n) is 2.43. The van der Waals surface area contributed by atoms with E-state index in [1.165, 1.54) is 51.7 Å². The van der Waals surface area contributed by atoms with Gasteiger partial charge in [0.2, 0.25) is 11.7 Å². The summed E-state index contributed by atoms with van der Waals surface area (Å²) >= 11 is 0. The number of hydrogen-bond acceptors (Lipinski definition) is 5. The zero-order valence-electron chi connectivity index (χ0n) is 16.0. The summed E-state index contributed by atoms with van der Waals surface area (Å²) in [6.45, 7) is 0.144. The van der Waals surface area contributed by atoms with E-state index in [4.69, 9.17) is 14.2 Å². The van der Waals surface area contributed by atoms with Gasteiger partial charge in [-0.25, -0.2) is 0 Å². The van der Waals surface area contributed by atoms with Crippen LogP contribution in [0.1, 0.15) is 11.1 Å². The lowest BCUT2D eigenvalue weighted by molar-refractivity contribution is -0.274. The number of halogens is 3. The normalized spacial score (nSPS) is 11.2. The molecular weight excluding hydrogens is 391 g/mol. The van der Waals surface area contributed by atoms with Gasteiger partial charge in [0, 0.05) is 12.6 Å². The Morgan fingerprint density at radius 1 is 1.00 bits per heavy atom. The van der Waals surface area contributed by atoms with Gasteiger partial charge in [-0.3, -0.25) is 4.79 Å². The molecule has 0 aromatic heterocycles. The molecule has 2 rings (SSSR count). The van der Waals surface area contributed by atoms with Gasteiger partial charge in [-0.2, -0.15) is 0 Å². The average molecular weight is 411 g/mol. The summed E-state index contributed by atoms with van der Waals surface area (Å²) in [4.78, 5) is 12.0. The monoisotopic (exact) mass is 411 g/mol. The quantitative estimate of drug-likeness (QED) is 0.667. The fourth-order valence-corrected chi connectivity index (χ4v) is 2.43. The van der Waals surface area contributed by atoms with Crippen molar-refractivity contribution in [3.8, 4) is 23.0 Å². The SMILES string of the molecule is COc1cc(/C=C/C(=O)NCc2ccc(OC(F)(F)F)cc2)cc(OC)c1OC. The summed E-state index contributed by atoms with van der Waals surface area (Å²) in [5.41, 5.74) is 1.28. The summed E-state index contributed by atoms with van der Waals surface area (Å²) < 4.78 is 56.0. The predicted molar refractivity (Wildman–Crippen MR) is 100 cm³/mol. The predicted octanol–water partition coefficient (Wildman–Crippen LogP) is 3.94. The van der Waals surface area contributed by atoms with Crippen LogP contribution in [0.25, 0.3) is 6.08 Å². The lowest BCUT2D eigenvalue weighted by Crippen LogP contribution is -2.20. The maximum absolute atomic E-state index is 12.1. The highest BCUT2D eigenvalue weighted by atomic mass is 19.4. The second-order valence-electron chi connectivity index (χ2n) is 5.70. The molecule has 1 amide bonds. The molecule has 0 aliphatic heterocycles. The summed E-state index contributed by atoms with van der Waals surface area (Å²) in [6.07, 6.45) is -1.85. The summed E-state index contributed by atoms with van der Waals surface area (Å²) in [5.74, 6) is 0.639. The number of carbonyl (C=O) groups excluding carboxylic acids is 1. The molecular formula is C20H20F3NO5. The number of nitrogens with one attached hydrogen (secondary N) is 1. The number of benzene rings is 2. The van der Waals surface area contributed by atoms with E-state index in [0.29, 0.717) is 28.4 Å². The molecule has 29 heavy (non-hydrogen) atoms. The molecule has 0 atom stereocenters. The molecule has 2 aromatic rings. The van der Waals surface area contributed by atoms with Crippen molar-refractivity contribution in [3.63, 3.8) is 0 Å². The highest BCUT2D eigenvalue weighted by Crippen LogP contribution is 2.38. The Hall–Kier alpha value is -3.36. The molecule has 156 valence electrons. The Bertz CT molecular complexity index is 838. The number of amides is 1. The zero-order valence-corrected chi connectivity index (χ0v) is 16.0. The van der Waals surface area contributed by atoms with Crippen LogP contribution >= 0.6 is 0 Å². The third-order valence-electron chi connectivity index (χ3n) is 3.74. The van der Waals surface area contributed by atoms with E-state index in [1.807, 2.05) is 0 Å². The molecule has 0 fully saturated rings. The van der Waals surface area contributed by atoms with Gasteiger partial charge in [-0.05, 0) is 41.5 Å². The first kappa shape index (κ1) is 21.9. The van der Waals surface area contributed by atoms with Crippen LogP contribution in [0.3, 0.4) is 0 Å². The maximum Gasteiger partial charge on any atom is 0.573 e. The van der Waals surface area contributed by atoms with Gasteiger partial charge in [0.1, 0.15) is 5.75 Å². The average Bonchev–Trinajstić information content (AvgIpc) is 2.69. The van der Waals surface area contributed by atoms with Crippen LogP contribution in [-0.4, -0.2) is 33.6 Å². The summed E-state index contributed by atoms with van der Waals surface area (Å²) in [7, 11) is 4.47. The minimum atomic E-state index is -4.74. The largest absolute Gasteiger partial charge is 0.573 e. The van der Waals surface area contributed by atoms with E-state index in [2.05, 4.69) is 10.1 Å². The number of hydrogen-bond donors (Lipinski definition) is 1. The van der Waals surface area contributed by atoms with Crippen LogP contribution in [0.15, 0.2) is 42.5 Å². The van der Waals surface area contributed by atoms with Gasteiger partial charge in [-0.1, -0.05) is 12.1 Å². The smallest absolute Gasteiger partial charge is 0.493 e. The number of alkyl halides is 3. The molecule has 0 spiro atoms. The van der Waals surface area contributed by atoms with E-state index in [-0.39, 0.29) is 18.2 Å². The van der Waals surface area contributed by atoms with E-state index in [0.717, 1.165) is 0 Å². The van der Waals surface area contributed by atoms with E-state index in [1.54, 1.807) is 18.2 Å². The molecule has 0 bridgehead atoms. The highest BCUT2D eigenvalue weighted by Gasteiger charge is 2.30. The Morgan fingerprint density at radius 2 is 1.59 bits per heavy atom. The molecule has 0 saturated carbocycles.